The van der Waals surface area contributed by atoms with Crippen LogP contribution >= 0.6 is 0 Å². The molecule has 1 saturated heterocycles. The molecule has 1 N–H and O–H groups in total. The molecule has 1 aromatic heterocycles. The number of fused-ring (bicyclic) bond motifs is 3. The molecule has 0 radical (unpaired) electrons. The van der Waals surface area contributed by atoms with Crippen molar-refractivity contribution in [3.8, 4) is 17.2 Å². The monoisotopic (exact) mass is 417 g/mol. The molecule has 1 amide bonds. The molecule has 158 valence electrons. The molecule has 4 heterocycles. The van der Waals surface area contributed by atoms with E-state index in [1.54, 1.807) is 6.08 Å². The minimum atomic E-state index is -0.933. The standard InChI is InChI=1S/C24H23N3O4/c1-4-5-6-16(15-7-8-22(25-11-15)27(2)3)18-12-26-23(28)24(18)13-29-19-10-21-20(9-17(19)24)30-14-31-21/h4-11H,1,12-14H2,2-3H3,(H,26,28)/b6-5-,18-16-. The van der Waals surface area contributed by atoms with Gasteiger partial charge in [0.1, 0.15) is 23.6 Å². The number of amides is 1. The Balaban J connectivity index is 1.70. The number of benzene rings is 1. The summed E-state index contributed by atoms with van der Waals surface area (Å²) in [5, 5.41) is 3.03. The minimum absolute atomic E-state index is 0.0810. The smallest absolute Gasteiger partial charge is 0.238 e. The van der Waals surface area contributed by atoms with E-state index in [4.69, 9.17) is 14.2 Å². The summed E-state index contributed by atoms with van der Waals surface area (Å²) in [5.74, 6) is 2.69. The molecule has 1 atom stereocenters. The molecule has 31 heavy (non-hydrogen) atoms. The van der Waals surface area contributed by atoms with Crippen LogP contribution in [-0.2, 0) is 10.2 Å². The molecular weight excluding hydrogens is 394 g/mol. The van der Waals surface area contributed by atoms with Gasteiger partial charge in [-0.15, -0.1) is 0 Å². The molecule has 3 aliphatic heterocycles. The first-order chi connectivity index (χ1) is 15.0. The fraction of sp³-hybridized carbons (Fsp3) is 0.250. The van der Waals surface area contributed by atoms with Gasteiger partial charge in [-0.1, -0.05) is 24.8 Å². The van der Waals surface area contributed by atoms with Gasteiger partial charge in [-0.3, -0.25) is 4.79 Å². The van der Waals surface area contributed by atoms with Gasteiger partial charge in [-0.05, 0) is 29.3 Å². The lowest BCUT2D eigenvalue weighted by Gasteiger charge is -2.23. The van der Waals surface area contributed by atoms with Crippen LogP contribution < -0.4 is 24.4 Å². The van der Waals surface area contributed by atoms with Crippen molar-refractivity contribution in [3.63, 3.8) is 0 Å². The van der Waals surface area contributed by atoms with Crippen molar-refractivity contribution in [2.45, 2.75) is 5.41 Å². The summed E-state index contributed by atoms with van der Waals surface area (Å²) >= 11 is 0. The van der Waals surface area contributed by atoms with Crippen molar-refractivity contribution in [3.05, 3.63) is 72.0 Å². The second kappa shape index (κ2) is 7.19. The molecule has 0 saturated carbocycles. The van der Waals surface area contributed by atoms with Crippen LogP contribution in [0.1, 0.15) is 11.1 Å². The zero-order chi connectivity index (χ0) is 21.6. The van der Waals surface area contributed by atoms with Gasteiger partial charge in [0.25, 0.3) is 0 Å². The Morgan fingerprint density at radius 3 is 2.71 bits per heavy atom. The van der Waals surface area contributed by atoms with Gasteiger partial charge in [-0.25, -0.2) is 4.98 Å². The number of pyridine rings is 1. The van der Waals surface area contributed by atoms with E-state index in [0.29, 0.717) is 23.8 Å². The van der Waals surface area contributed by atoms with Crippen LogP contribution in [0.4, 0.5) is 5.82 Å². The maximum absolute atomic E-state index is 13.3. The van der Waals surface area contributed by atoms with Gasteiger partial charge >= 0.3 is 0 Å². The van der Waals surface area contributed by atoms with Crippen LogP contribution in [0.2, 0.25) is 0 Å². The van der Waals surface area contributed by atoms with E-state index in [-0.39, 0.29) is 19.3 Å². The number of rotatable bonds is 4. The predicted molar refractivity (Wildman–Crippen MR) is 118 cm³/mol. The number of carbonyl (C=O) groups is 1. The summed E-state index contributed by atoms with van der Waals surface area (Å²) in [7, 11) is 3.90. The lowest BCUT2D eigenvalue weighted by molar-refractivity contribution is -0.123. The van der Waals surface area contributed by atoms with Crippen molar-refractivity contribution in [2.24, 2.45) is 0 Å². The Hall–Kier alpha value is -3.74. The number of allylic oxidation sites excluding steroid dienone is 4. The normalized spacial score (nSPS) is 22.5. The fourth-order valence-electron chi connectivity index (χ4n) is 4.36. The Labute approximate surface area is 180 Å². The Bertz CT molecular complexity index is 1130. The number of aromatic nitrogens is 1. The SMILES string of the molecule is C=C/C=C\C(=C1/CNC(=O)C12COc1cc3c(cc12)OCO3)c1ccc(N(C)C)nc1. The lowest BCUT2D eigenvalue weighted by atomic mass is 9.74. The average Bonchev–Trinajstić information content (AvgIpc) is 3.47. The zero-order valence-corrected chi connectivity index (χ0v) is 17.5. The highest BCUT2D eigenvalue weighted by molar-refractivity contribution is 6.01. The fourth-order valence-corrected chi connectivity index (χ4v) is 4.36. The molecule has 1 aromatic carbocycles. The topological polar surface area (TPSA) is 72.9 Å². The molecule has 1 spiro atoms. The highest BCUT2D eigenvalue weighted by Gasteiger charge is 2.55. The third-order valence-electron chi connectivity index (χ3n) is 5.95. The third-order valence-corrected chi connectivity index (χ3v) is 5.95. The zero-order valence-electron chi connectivity index (χ0n) is 17.5. The molecule has 7 heteroatoms. The van der Waals surface area contributed by atoms with E-state index in [0.717, 1.165) is 28.1 Å². The molecule has 0 bridgehead atoms. The van der Waals surface area contributed by atoms with Crippen molar-refractivity contribution in [2.75, 3.05) is 38.9 Å². The van der Waals surface area contributed by atoms with E-state index in [1.165, 1.54) is 0 Å². The summed E-state index contributed by atoms with van der Waals surface area (Å²) < 4.78 is 17.1. The maximum atomic E-state index is 13.3. The van der Waals surface area contributed by atoms with Gasteiger partial charge < -0.3 is 24.4 Å². The third kappa shape index (κ3) is 2.88. The molecule has 1 unspecified atom stereocenters. The van der Waals surface area contributed by atoms with E-state index in [9.17, 15) is 4.79 Å². The molecule has 3 aliphatic rings. The first kappa shape index (κ1) is 19.2. The molecule has 7 nitrogen and oxygen atoms in total. The van der Waals surface area contributed by atoms with Crippen LogP contribution in [0, 0.1) is 0 Å². The van der Waals surface area contributed by atoms with Gasteiger partial charge in [0.2, 0.25) is 12.7 Å². The molecule has 5 rings (SSSR count). The van der Waals surface area contributed by atoms with Crippen molar-refractivity contribution < 1.29 is 19.0 Å². The van der Waals surface area contributed by atoms with E-state index in [2.05, 4.69) is 16.9 Å². The average molecular weight is 417 g/mol. The van der Waals surface area contributed by atoms with Gasteiger partial charge in [0.05, 0.1) is 0 Å². The number of hydrogen-bond donors (Lipinski definition) is 1. The van der Waals surface area contributed by atoms with Crippen molar-refractivity contribution >= 4 is 17.3 Å². The second-order valence-corrected chi connectivity index (χ2v) is 7.86. The summed E-state index contributed by atoms with van der Waals surface area (Å²) in [6, 6.07) is 7.66. The number of nitrogens with one attached hydrogen (secondary N) is 1. The van der Waals surface area contributed by atoms with Crippen LogP contribution in [-0.4, -0.2) is 44.9 Å². The predicted octanol–water partition coefficient (Wildman–Crippen LogP) is 2.83. The van der Waals surface area contributed by atoms with Crippen molar-refractivity contribution in [1.29, 1.82) is 0 Å². The van der Waals surface area contributed by atoms with E-state index < -0.39 is 5.41 Å². The second-order valence-electron chi connectivity index (χ2n) is 7.86. The maximum Gasteiger partial charge on any atom is 0.238 e. The number of hydrogen-bond acceptors (Lipinski definition) is 6. The number of carbonyl (C=O) groups excluding carboxylic acids is 1. The summed E-state index contributed by atoms with van der Waals surface area (Å²) in [5.41, 5.74) is 2.64. The molecule has 1 fully saturated rings. The number of ether oxygens (including phenoxy) is 3. The van der Waals surface area contributed by atoms with Crippen LogP contribution in [0.15, 0.2) is 60.8 Å². The van der Waals surface area contributed by atoms with Crippen LogP contribution in [0.25, 0.3) is 5.57 Å². The van der Waals surface area contributed by atoms with E-state index in [1.807, 2.05) is 61.6 Å². The quantitative estimate of drug-likeness (QED) is 0.772. The number of nitrogens with zero attached hydrogens (tertiary/aromatic N) is 2. The van der Waals surface area contributed by atoms with Crippen molar-refractivity contribution in [1.82, 2.24) is 10.3 Å². The molecule has 2 aromatic rings. The summed E-state index contributed by atoms with van der Waals surface area (Å²) in [6.07, 6.45) is 7.39. The minimum Gasteiger partial charge on any atom is -0.491 e. The Morgan fingerprint density at radius 2 is 2.00 bits per heavy atom. The van der Waals surface area contributed by atoms with Crippen LogP contribution in [0.5, 0.6) is 17.2 Å². The van der Waals surface area contributed by atoms with Crippen LogP contribution in [0.3, 0.4) is 0 Å². The first-order valence-corrected chi connectivity index (χ1v) is 10.1. The summed E-state index contributed by atoms with van der Waals surface area (Å²) in [4.78, 5) is 19.8. The molecular formula is C24H23N3O4. The summed E-state index contributed by atoms with van der Waals surface area (Å²) in [6.45, 7) is 4.61. The van der Waals surface area contributed by atoms with Gasteiger partial charge in [0.15, 0.2) is 11.5 Å². The number of anilines is 1. The molecule has 0 aliphatic carbocycles. The lowest BCUT2D eigenvalue weighted by Crippen LogP contribution is -2.38. The Kier molecular flexibility index (Phi) is 4.46. The highest BCUT2D eigenvalue weighted by atomic mass is 16.7. The Morgan fingerprint density at radius 1 is 1.19 bits per heavy atom. The highest BCUT2D eigenvalue weighted by Crippen LogP contribution is 2.52. The first-order valence-electron chi connectivity index (χ1n) is 10.1. The van der Waals surface area contributed by atoms with Gasteiger partial charge in [-0.2, -0.15) is 0 Å². The van der Waals surface area contributed by atoms with Gasteiger partial charge in [0, 0.05) is 44.0 Å². The van der Waals surface area contributed by atoms with E-state index >= 15 is 0 Å². The largest absolute Gasteiger partial charge is 0.491 e.